The van der Waals surface area contributed by atoms with E-state index in [1.807, 2.05) is 46.9 Å². The van der Waals surface area contributed by atoms with Crippen LogP contribution >= 0.6 is 11.5 Å². The van der Waals surface area contributed by atoms with E-state index in [-0.39, 0.29) is 5.78 Å². The highest BCUT2D eigenvalue weighted by molar-refractivity contribution is 7.11. The zero-order chi connectivity index (χ0) is 13.5. The number of allylic oxidation sites excluding steroid dienone is 4. The molecule has 3 aromatic rings. The van der Waals surface area contributed by atoms with Crippen molar-refractivity contribution in [2.75, 3.05) is 0 Å². The zero-order valence-electron chi connectivity index (χ0n) is 10.6. The molecular weight excluding hydrogens is 270 g/mol. The number of benzene rings is 1. The van der Waals surface area contributed by atoms with Crippen molar-refractivity contribution in [3.8, 4) is 0 Å². The average molecular weight is 281 g/mol. The lowest BCUT2D eigenvalue weighted by molar-refractivity contribution is -0.115. The van der Waals surface area contributed by atoms with Gasteiger partial charge >= 0.3 is 0 Å². The summed E-state index contributed by atoms with van der Waals surface area (Å²) in [5.41, 5.74) is 2.83. The van der Waals surface area contributed by atoms with E-state index in [2.05, 4.69) is 9.36 Å². The first-order valence-corrected chi connectivity index (χ1v) is 7.21. The van der Waals surface area contributed by atoms with E-state index in [4.69, 9.17) is 0 Å². The topological polar surface area (TPSA) is 47.3 Å². The average Bonchev–Trinajstić information content (AvgIpc) is 3.01. The van der Waals surface area contributed by atoms with E-state index < -0.39 is 0 Å². The van der Waals surface area contributed by atoms with Gasteiger partial charge in [-0.05, 0) is 12.1 Å². The molecule has 1 aliphatic carbocycles. The molecule has 2 heterocycles. The molecule has 1 aliphatic rings. The molecule has 0 amide bonds. The van der Waals surface area contributed by atoms with E-state index in [1.165, 1.54) is 11.5 Å². The Labute approximate surface area is 119 Å². The molecule has 20 heavy (non-hydrogen) atoms. The van der Waals surface area contributed by atoms with Gasteiger partial charge in [0.2, 0.25) is 4.96 Å². The van der Waals surface area contributed by atoms with E-state index in [9.17, 15) is 4.79 Å². The Morgan fingerprint density at radius 3 is 3.10 bits per heavy atom. The summed E-state index contributed by atoms with van der Waals surface area (Å²) in [6.45, 7) is 0. The number of Topliss-reactive ketones (excluding diaryl/α,β-unsaturated/α-hetero) is 1. The Bertz CT molecular complexity index is 885. The van der Waals surface area contributed by atoms with Gasteiger partial charge in [-0.25, -0.2) is 4.98 Å². The van der Waals surface area contributed by atoms with E-state index in [0.29, 0.717) is 12.8 Å². The Hall–Kier alpha value is -2.27. The van der Waals surface area contributed by atoms with Crippen LogP contribution in [0.25, 0.3) is 16.0 Å². The summed E-state index contributed by atoms with van der Waals surface area (Å²) in [6, 6.07) is 7.99. The van der Waals surface area contributed by atoms with E-state index >= 15 is 0 Å². The second kappa shape index (κ2) is 4.38. The number of hydrogen-bond donors (Lipinski definition) is 0. The second-order valence-corrected chi connectivity index (χ2v) is 5.47. The van der Waals surface area contributed by atoms with Crippen LogP contribution in [0.1, 0.15) is 12.2 Å². The van der Waals surface area contributed by atoms with Crippen LogP contribution in [0.4, 0.5) is 0 Å². The fourth-order valence-corrected chi connectivity index (χ4v) is 3.23. The number of hydrogen-bond acceptors (Lipinski definition) is 4. The summed E-state index contributed by atoms with van der Waals surface area (Å²) in [7, 11) is 0. The number of imidazole rings is 1. The number of para-hydroxylation sites is 2. The maximum atomic E-state index is 11.9. The first-order valence-electron chi connectivity index (χ1n) is 6.43. The molecule has 0 aliphatic heterocycles. The Morgan fingerprint density at radius 1 is 1.30 bits per heavy atom. The highest BCUT2D eigenvalue weighted by Gasteiger charge is 2.17. The highest BCUT2D eigenvalue weighted by atomic mass is 32.1. The lowest BCUT2D eigenvalue weighted by atomic mass is 10.0. The molecule has 2 aromatic heterocycles. The number of ketones is 1. The number of fused-ring (bicyclic) bond motifs is 3. The summed E-state index contributed by atoms with van der Waals surface area (Å²) in [4.78, 5) is 17.3. The van der Waals surface area contributed by atoms with Gasteiger partial charge in [0.1, 0.15) is 5.82 Å². The number of aromatic nitrogens is 3. The van der Waals surface area contributed by atoms with Crippen molar-refractivity contribution in [1.82, 2.24) is 13.8 Å². The van der Waals surface area contributed by atoms with Crippen LogP contribution in [0.2, 0.25) is 0 Å². The molecular formula is C15H11N3OS. The minimum Gasteiger partial charge on any atom is -0.294 e. The molecule has 0 fully saturated rings. The number of nitrogens with zero attached hydrogens (tertiary/aromatic N) is 3. The molecule has 0 unspecified atom stereocenters. The zero-order valence-corrected chi connectivity index (χ0v) is 11.4. The number of rotatable bonds is 2. The third-order valence-corrected chi connectivity index (χ3v) is 4.20. The monoisotopic (exact) mass is 281 g/mol. The van der Waals surface area contributed by atoms with Crippen LogP contribution in [0, 0.1) is 0 Å². The third-order valence-electron chi connectivity index (χ3n) is 3.46. The first kappa shape index (κ1) is 11.5. The van der Waals surface area contributed by atoms with Crippen molar-refractivity contribution in [3.63, 3.8) is 0 Å². The van der Waals surface area contributed by atoms with Gasteiger partial charge in [0.15, 0.2) is 5.78 Å². The Balaban J connectivity index is 1.86. The lowest BCUT2D eigenvalue weighted by Crippen LogP contribution is -2.08. The minimum absolute atomic E-state index is 0.179. The van der Waals surface area contributed by atoms with Gasteiger partial charge < -0.3 is 0 Å². The summed E-state index contributed by atoms with van der Waals surface area (Å²) >= 11 is 1.37. The molecule has 0 N–H and O–H groups in total. The molecule has 4 rings (SSSR count). The van der Waals surface area contributed by atoms with Gasteiger partial charge in [-0.1, -0.05) is 30.4 Å². The van der Waals surface area contributed by atoms with Crippen molar-refractivity contribution in [3.05, 3.63) is 53.9 Å². The van der Waals surface area contributed by atoms with Crippen molar-refractivity contribution in [2.24, 2.45) is 0 Å². The largest absolute Gasteiger partial charge is 0.294 e. The smallest absolute Gasteiger partial charge is 0.214 e. The number of carbonyl (C=O) groups excluding carboxylic acids is 1. The first-order chi connectivity index (χ1) is 9.83. The van der Waals surface area contributed by atoms with Gasteiger partial charge in [0, 0.05) is 29.9 Å². The van der Waals surface area contributed by atoms with Gasteiger partial charge in [-0.3, -0.25) is 9.20 Å². The van der Waals surface area contributed by atoms with E-state index in [1.54, 1.807) is 0 Å². The van der Waals surface area contributed by atoms with Gasteiger partial charge in [0.25, 0.3) is 0 Å². The second-order valence-electron chi connectivity index (χ2n) is 4.74. The summed E-state index contributed by atoms with van der Waals surface area (Å²) in [6.07, 6.45) is 6.75. The van der Waals surface area contributed by atoms with E-state index in [0.717, 1.165) is 27.4 Å². The maximum Gasteiger partial charge on any atom is 0.214 e. The fraction of sp³-hybridized carbons (Fsp3) is 0.133. The molecule has 0 saturated carbocycles. The Morgan fingerprint density at radius 2 is 2.20 bits per heavy atom. The van der Waals surface area contributed by atoms with Crippen LogP contribution in [0.5, 0.6) is 0 Å². The van der Waals surface area contributed by atoms with Crippen molar-refractivity contribution in [1.29, 1.82) is 0 Å². The summed E-state index contributed by atoms with van der Waals surface area (Å²) in [5, 5.41) is 0. The van der Waals surface area contributed by atoms with Crippen molar-refractivity contribution < 1.29 is 4.79 Å². The van der Waals surface area contributed by atoms with Gasteiger partial charge in [-0.2, -0.15) is 4.37 Å². The molecule has 5 heteroatoms. The standard InChI is InChI=1S/C15H11N3OS/c19-13-8-4-1-5-10(13)9-14-17-20-15-16-11-6-2-3-7-12(11)18(14)15/h1-7H,8-9H2. The van der Waals surface area contributed by atoms with Crippen LogP contribution in [0.3, 0.4) is 0 Å². The molecule has 0 saturated heterocycles. The van der Waals surface area contributed by atoms with Crippen molar-refractivity contribution >= 4 is 33.3 Å². The van der Waals surface area contributed by atoms with Crippen LogP contribution < -0.4 is 0 Å². The van der Waals surface area contributed by atoms with Crippen LogP contribution in [-0.2, 0) is 11.2 Å². The molecule has 4 nitrogen and oxygen atoms in total. The predicted molar refractivity (Wildman–Crippen MR) is 78.9 cm³/mol. The van der Waals surface area contributed by atoms with Crippen molar-refractivity contribution in [2.45, 2.75) is 12.8 Å². The van der Waals surface area contributed by atoms with Gasteiger partial charge in [-0.15, -0.1) is 0 Å². The summed E-state index contributed by atoms with van der Waals surface area (Å²) in [5.74, 6) is 1.06. The van der Waals surface area contributed by atoms with Crippen LogP contribution in [0.15, 0.2) is 48.1 Å². The maximum absolute atomic E-state index is 11.9. The molecule has 0 bridgehead atoms. The molecule has 1 aromatic carbocycles. The van der Waals surface area contributed by atoms with Gasteiger partial charge in [0.05, 0.1) is 11.0 Å². The van der Waals surface area contributed by atoms with Crippen LogP contribution in [-0.4, -0.2) is 19.5 Å². The molecule has 98 valence electrons. The fourth-order valence-electron chi connectivity index (χ4n) is 2.47. The third kappa shape index (κ3) is 1.71. The summed E-state index contributed by atoms with van der Waals surface area (Å²) < 4.78 is 6.51. The normalized spacial score (nSPS) is 15.2. The predicted octanol–water partition coefficient (Wildman–Crippen LogP) is 2.94. The molecule has 0 radical (unpaired) electrons. The Kier molecular flexibility index (Phi) is 2.53. The molecule has 0 spiro atoms. The molecule has 0 atom stereocenters. The highest BCUT2D eigenvalue weighted by Crippen LogP contribution is 2.23. The minimum atomic E-state index is 0.179. The SMILES string of the molecule is O=C1CC=CC=C1Cc1nsc2nc3ccccc3n12. The lowest BCUT2D eigenvalue weighted by Gasteiger charge is -2.06. The quantitative estimate of drug-likeness (QED) is 0.725. The number of carbonyl (C=O) groups is 1.